The van der Waals surface area contributed by atoms with Crippen LogP contribution in [0, 0.1) is 6.92 Å². The van der Waals surface area contributed by atoms with Crippen LogP contribution in [0.25, 0.3) is 0 Å². The molecule has 1 fully saturated rings. The Hall–Kier alpha value is -1.88. The van der Waals surface area contributed by atoms with Gasteiger partial charge in [-0.2, -0.15) is 0 Å². The minimum Gasteiger partial charge on any atom is -0.462 e. The summed E-state index contributed by atoms with van der Waals surface area (Å²) in [6.07, 6.45) is 4.80. The van der Waals surface area contributed by atoms with Gasteiger partial charge in [-0.1, -0.05) is 12.1 Å². The summed E-state index contributed by atoms with van der Waals surface area (Å²) in [5, 5.41) is 3.01. The molecule has 1 aliphatic heterocycles. The van der Waals surface area contributed by atoms with Crippen LogP contribution in [-0.2, 0) is 9.53 Å². The van der Waals surface area contributed by atoms with E-state index < -0.39 is 5.97 Å². The van der Waals surface area contributed by atoms with Crippen LogP contribution in [-0.4, -0.2) is 49.1 Å². The van der Waals surface area contributed by atoms with E-state index in [4.69, 9.17) is 4.74 Å². The second kappa shape index (κ2) is 8.48. The number of hydrogen-bond donors (Lipinski definition) is 1. The van der Waals surface area contributed by atoms with Crippen LogP contribution in [0.15, 0.2) is 18.2 Å². The minimum absolute atomic E-state index is 0.0377. The molecule has 0 saturated carbocycles. The van der Waals surface area contributed by atoms with E-state index in [1.54, 1.807) is 13.0 Å². The molecule has 5 heteroatoms. The molecular formula is C20H31N2O3+. The first kappa shape index (κ1) is 19.4. The molecule has 1 heterocycles. The van der Waals surface area contributed by atoms with Gasteiger partial charge in [-0.25, -0.2) is 4.79 Å². The molecule has 0 spiro atoms. The summed E-state index contributed by atoms with van der Waals surface area (Å²) in [7, 11) is 2.17. The van der Waals surface area contributed by atoms with Gasteiger partial charge < -0.3 is 14.5 Å². The Morgan fingerprint density at radius 2 is 1.84 bits per heavy atom. The summed E-state index contributed by atoms with van der Waals surface area (Å²) < 4.78 is 5.88. The highest BCUT2D eigenvalue weighted by molar-refractivity contribution is 6.03. The SMILES string of the molecule is CCOC(=O)c1cccc(C)c1NC(=O)C(C)[N+]1(C)CCCCCC1. The van der Waals surface area contributed by atoms with Crippen LogP contribution in [0.5, 0.6) is 0 Å². The zero-order chi connectivity index (χ0) is 18.4. The van der Waals surface area contributed by atoms with Gasteiger partial charge in [0.15, 0.2) is 6.04 Å². The molecule has 0 aliphatic carbocycles. The fourth-order valence-electron chi connectivity index (χ4n) is 3.52. The Bertz CT molecular complexity index is 619. The lowest BCUT2D eigenvalue weighted by Gasteiger charge is -2.38. The number of esters is 1. The van der Waals surface area contributed by atoms with Crippen molar-refractivity contribution >= 4 is 17.6 Å². The molecule has 0 radical (unpaired) electrons. The smallest absolute Gasteiger partial charge is 0.340 e. The van der Waals surface area contributed by atoms with E-state index in [1.165, 1.54) is 12.8 Å². The van der Waals surface area contributed by atoms with Crippen molar-refractivity contribution in [1.29, 1.82) is 0 Å². The van der Waals surface area contributed by atoms with Crippen molar-refractivity contribution in [3.05, 3.63) is 29.3 Å². The number of benzene rings is 1. The molecule has 0 aromatic heterocycles. The van der Waals surface area contributed by atoms with Gasteiger partial charge in [0.25, 0.3) is 5.91 Å². The molecule has 1 saturated heterocycles. The fraction of sp³-hybridized carbons (Fsp3) is 0.600. The van der Waals surface area contributed by atoms with Gasteiger partial charge in [-0.15, -0.1) is 0 Å². The Labute approximate surface area is 150 Å². The zero-order valence-corrected chi connectivity index (χ0v) is 15.9. The third-order valence-electron chi connectivity index (χ3n) is 5.42. The molecule has 5 nitrogen and oxygen atoms in total. The molecule has 138 valence electrons. The quantitative estimate of drug-likeness (QED) is 0.655. The number of nitrogens with one attached hydrogen (secondary N) is 1. The molecule has 1 N–H and O–H groups in total. The number of quaternary nitrogens is 1. The highest BCUT2D eigenvalue weighted by atomic mass is 16.5. The molecule has 1 amide bonds. The number of anilines is 1. The number of likely N-dealkylation sites (N-methyl/N-ethyl adjacent to an activating group) is 1. The van der Waals surface area contributed by atoms with Gasteiger partial charge >= 0.3 is 5.97 Å². The second-order valence-electron chi connectivity index (χ2n) is 7.22. The first-order valence-corrected chi connectivity index (χ1v) is 9.31. The Morgan fingerprint density at radius 3 is 2.44 bits per heavy atom. The number of carbonyl (C=O) groups excluding carboxylic acids is 2. The highest BCUT2D eigenvalue weighted by Crippen LogP contribution is 2.24. The predicted octanol–water partition coefficient (Wildman–Crippen LogP) is 3.52. The van der Waals surface area contributed by atoms with Gasteiger partial charge in [0.2, 0.25) is 0 Å². The highest BCUT2D eigenvalue weighted by Gasteiger charge is 2.35. The Kier molecular flexibility index (Phi) is 6.59. The van der Waals surface area contributed by atoms with Crippen molar-refractivity contribution < 1.29 is 18.8 Å². The van der Waals surface area contributed by atoms with Crippen molar-refractivity contribution in [2.24, 2.45) is 0 Å². The summed E-state index contributed by atoms with van der Waals surface area (Å²) in [5.74, 6) is -0.437. The van der Waals surface area contributed by atoms with Gasteiger partial charge in [0, 0.05) is 0 Å². The predicted molar refractivity (Wildman–Crippen MR) is 99.6 cm³/mol. The summed E-state index contributed by atoms with van der Waals surface area (Å²) in [4.78, 5) is 25.1. The number of ether oxygens (including phenoxy) is 1. The van der Waals surface area contributed by atoms with Crippen LogP contribution in [0.3, 0.4) is 0 Å². The Balaban J connectivity index is 2.21. The summed E-state index contributed by atoms with van der Waals surface area (Å²) in [6, 6.07) is 5.25. The number of likely N-dealkylation sites (tertiary alicyclic amines) is 1. The number of carbonyl (C=O) groups is 2. The molecule has 2 rings (SSSR count). The first-order valence-electron chi connectivity index (χ1n) is 9.31. The fourth-order valence-corrected chi connectivity index (χ4v) is 3.52. The second-order valence-corrected chi connectivity index (χ2v) is 7.22. The standard InChI is InChI=1S/C20H30N2O3/c1-5-25-20(24)17-12-10-11-15(2)18(17)21-19(23)16(3)22(4)13-8-6-7-9-14-22/h10-12,16H,5-9,13-14H2,1-4H3/p+1. The lowest BCUT2D eigenvalue weighted by atomic mass is 10.1. The number of aryl methyl sites for hydroxylation is 1. The van der Waals surface area contributed by atoms with Crippen molar-refractivity contribution in [2.45, 2.75) is 52.5 Å². The summed E-state index contributed by atoms with van der Waals surface area (Å²) in [6.45, 7) is 8.01. The maximum atomic E-state index is 12.9. The van der Waals surface area contributed by atoms with Gasteiger partial charge in [-0.05, 0) is 58.1 Å². The van der Waals surface area contributed by atoms with Crippen LogP contribution < -0.4 is 5.32 Å². The van der Waals surface area contributed by atoms with E-state index in [-0.39, 0.29) is 11.9 Å². The van der Waals surface area contributed by atoms with Crippen LogP contribution in [0.2, 0.25) is 0 Å². The monoisotopic (exact) mass is 347 g/mol. The molecule has 1 atom stereocenters. The maximum absolute atomic E-state index is 12.9. The Morgan fingerprint density at radius 1 is 1.20 bits per heavy atom. The van der Waals surface area contributed by atoms with E-state index in [1.807, 2.05) is 26.0 Å². The molecule has 1 unspecified atom stereocenters. The molecule has 1 aromatic rings. The topological polar surface area (TPSA) is 55.4 Å². The number of para-hydroxylation sites is 1. The molecular weight excluding hydrogens is 316 g/mol. The van der Waals surface area contributed by atoms with Crippen LogP contribution in [0.1, 0.15) is 55.5 Å². The van der Waals surface area contributed by atoms with E-state index in [9.17, 15) is 9.59 Å². The number of amides is 1. The van der Waals surface area contributed by atoms with Crippen molar-refractivity contribution in [3.63, 3.8) is 0 Å². The molecule has 0 bridgehead atoms. The summed E-state index contributed by atoms with van der Waals surface area (Å²) in [5.41, 5.74) is 1.85. The molecule has 25 heavy (non-hydrogen) atoms. The van der Waals surface area contributed by atoms with Gasteiger partial charge in [0.05, 0.1) is 38.0 Å². The number of hydrogen-bond acceptors (Lipinski definition) is 3. The molecule has 1 aliphatic rings. The van der Waals surface area contributed by atoms with Crippen molar-refractivity contribution in [1.82, 2.24) is 0 Å². The van der Waals surface area contributed by atoms with Crippen LogP contribution in [0.4, 0.5) is 5.69 Å². The van der Waals surface area contributed by atoms with E-state index >= 15 is 0 Å². The normalized spacial score (nSPS) is 18.1. The zero-order valence-electron chi connectivity index (χ0n) is 15.9. The van der Waals surface area contributed by atoms with E-state index in [0.29, 0.717) is 17.9 Å². The third kappa shape index (κ3) is 4.60. The van der Waals surface area contributed by atoms with E-state index in [2.05, 4.69) is 12.4 Å². The number of nitrogens with zero attached hydrogens (tertiary/aromatic N) is 1. The average molecular weight is 347 g/mol. The minimum atomic E-state index is -0.399. The summed E-state index contributed by atoms with van der Waals surface area (Å²) >= 11 is 0. The average Bonchev–Trinajstić information content (AvgIpc) is 2.81. The van der Waals surface area contributed by atoms with Gasteiger partial charge in [-0.3, -0.25) is 4.79 Å². The van der Waals surface area contributed by atoms with Crippen molar-refractivity contribution in [3.8, 4) is 0 Å². The number of rotatable bonds is 5. The first-order chi connectivity index (χ1) is 11.9. The third-order valence-corrected chi connectivity index (χ3v) is 5.42. The van der Waals surface area contributed by atoms with Crippen molar-refractivity contribution in [2.75, 3.05) is 32.1 Å². The lowest BCUT2D eigenvalue weighted by molar-refractivity contribution is -0.921. The largest absolute Gasteiger partial charge is 0.462 e. The van der Waals surface area contributed by atoms with Crippen LogP contribution >= 0.6 is 0 Å². The van der Waals surface area contributed by atoms with Gasteiger partial charge in [0.1, 0.15) is 0 Å². The lowest BCUT2D eigenvalue weighted by Crippen LogP contribution is -2.56. The van der Waals surface area contributed by atoms with E-state index in [0.717, 1.165) is 36.0 Å². The molecule has 1 aromatic carbocycles. The maximum Gasteiger partial charge on any atom is 0.340 e.